The molecule has 1 aliphatic rings. The maximum Gasteiger partial charge on any atom is 0.191 e. The Kier molecular flexibility index (Phi) is 6.88. The monoisotopic (exact) mass is 425 g/mol. The first-order valence-electron chi connectivity index (χ1n) is 7.91. The molecule has 0 radical (unpaired) electrons. The normalized spacial score (nSPS) is 15.3. The predicted molar refractivity (Wildman–Crippen MR) is 105 cm³/mol. The van der Waals surface area contributed by atoms with Crippen LogP contribution in [0.4, 0.5) is 0 Å². The second-order valence-electron chi connectivity index (χ2n) is 5.67. The number of halogens is 1. The molecular formula is C17H24IN5. The van der Waals surface area contributed by atoms with Gasteiger partial charge in [0.1, 0.15) is 0 Å². The van der Waals surface area contributed by atoms with Crippen molar-refractivity contribution in [2.24, 2.45) is 4.99 Å². The van der Waals surface area contributed by atoms with Crippen LogP contribution in [-0.2, 0) is 6.54 Å². The molecule has 0 unspecified atom stereocenters. The van der Waals surface area contributed by atoms with Gasteiger partial charge in [-0.25, -0.2) is 4.68 Å². The summed E-state index contributed by atoms with van der Waals surface area (Å²) in [6, 6.07) is 10.9. The summed E-state index contributed by atoms with van der Waals surface area (Å²) in [5.74, 6) is 0.892. The minimum atomic E-state index is 0. The predicted octanol–water partition coefficient (Wildman–Crippen LogP) is 3.10. The Balaban J connectivity index is 0.00000192. The molecule has 1 aromatic carbocycles. The van der Waals surface area contributed by atoms with E-state index in [1.807, 2.05) is 24.0 Å². The Labute approximate surface area is 154 Å². The zero-order valence-electron chi connectivity index (χ0n) is 13.4. The molecule has 1 heterocycles. The van der Waals surface area contributed by atoms with E-state index in [9.17, 15) is 0 Å². The van der Waals surface area contributed by atoms with Crippen molar-refractivity contribution in [2.45, 2.75) is 38.3 Å². The number of nitrogens with zero attached hydrogens (tertiary/aromatic N) is 3. The molecule has 3 rings (SSSR count). The summed E-state index contributed by atoms with van der Waals surface area (Å²) in [5.41, 5.74) is 2.30. The molecular weight excluding hydrogens is 401 g/mol. The van der Waals surface area contributed by atoms with E-state index in [2.05, 4.69) is 45.0 Å². The molecule has 5 nitrogen and oxygen atoms in total. The molecule has 1 fully saturated rings. The summed E-state index contributed by atoms with van der Waals surface area (Å²) in [6.07, 6.45) is 8.88. The molecule has 0 atom stereocenters. The summed E-state index contributed by atoms with van der Waals surface area (Å²) < 4.78 is 1.86. The number of hydrogen-bond acceptors (Lipinski definition) is 2. The molecule has 0 aliphatic heterocycles. The third-order valence-electron chi connectivity index (χ3n) is 4.08. The summed E-state index contributed by atoms with van der Waals surface area (Å²) >= 11 is 0. The fraction of sp³-hybridized carbons (Fsp3) is 0.412. The summed E-state index contributed by atoms with van der Waals surface area (Å²) in [7, 11) is 1.82. The summed E-state index contributed by atoms with van der Waals surface area (Å²) in [6.45, 7) is 0.770. The molecule has 2 N–H and O–H groups in total. The molecule has 0 bridgehead atoms. The van der Waals surface area contributed by atoms with Gasteiger partial charge in [-0.1, -0.05) is 25.0 Å². The Morgan fingerprint density at radius 2 is 2.00 bits per heavy atom. The lowest BCUT2D eigenvalue weighted by molar-refractivity contribution is 0.613. The molecule has 0 saturated heterocycles. The van der Waals surface area contributed by atoms with Crippen LogP contribution in [0.3, 0.4) is 0 Å². The second kappa shape index (κ2) is 8.90. The summed E-state index contributed by atoms with van der Waals surface area (Å²) in [4.78, 5) is 4.31. The fourth-order valence-electron chi connectivity index (χ4n) is 2.83. The maximum absolute atomic E-state index is 4.31. The first-order valence-corrected chi connectivity index (χ1v) is 7.91. The van der Waals surface area contributed by atoms with Crippen LogP contribution in [0.25, 0.3) is 5.69 Å². The van der Waals surface area contributed by atoms with Crippen LogP contribution in [0.15, 0.2) is 47.7 Å². The van der Waals surface area contributed by atoms with Crippen LogP contribution < -0.4 is 10.6 Å². The quantitative estimate of drug-likeness (QED) is 0.450. The van der Waals surface area contributed by atoms with Gasteiger partial charge in [0.15, 0.2) is 5.96 Å². The third-order valence-corrected chi connectivity index (χ3v) is 4.08. The molecule has 0 amide bonds. The van der Waals surface area contributed by atoms with Crippen molar-refractivity contribution in [1.29, 1.82) is 0 Å². The van der Waals surface area contributed by atoms with Gasteiger partial charge >= 0.3 is 0 Å². The van der Waals surface area contributed by atoms with Gasteiger partial charge < -0.3 is 10.6 Å². The van der Waals surface area contributed by atoms with Crippen molar-refractivity contribution in [3.8, 4) is 5.69 Å². The third kappa shape index (κ3) is 4.95. The van der Waals surface area contributed by atoms with Crippen molar-refractivity contribution in [1.82, 2.24) is 20.4 Å². The summed E-state index contributed by atoms with van der Waals surface area (Å²) in [5, 5.41) is 11.1. The minimum absolute atomic E-state index is 0. The highest BCUT2D eigenvalue weighted by molar-refractivity contribution is 14.0. The van der Waals surface area contributed by atoms with E-state index in [-0.39, 0.29) is 24.0 Å². The van der Waals surface area contributed by atoms with E-state index in [4.69, 9.17) is 0 Å². The topological polar surface area (TPSA) is 54.2 Å². The zero-order chi connectivity index (χ0) is 15.2. The van der Waals surface area contributed by atoms with Gasteiger partial charge in [0.05, 0.1) is 5.69 Å². The molecule has 23 heavy (non-hydrogen) atoms. The van der Waals surface area contributed by atoms with Crippen molar-refractivity contribution in [3.05, 3.63) is 48.3 Å². The SMILES string of the molecule is CN=C(NCc1ccc(-n2cccn2)cc1)NC1CCCC1.I. The van der Waals surface area contributed by atoms with E-state index in [1.54, 1.807) is 6.20 Å². The number of aromatic nitrogens is 2. The van der Waals surface area contributed by atoms with Crippen LogP contribution in [0.2, 0.25) is 0 Å². The highest BCUT2D eigenvalue weighted by atomic mass is 127. The van der Waals surface area contributed by atoms with Crippen molar-refractivity contribution < 1.29 is 0 Å². The van der Waals surface area contributed by atoms with E-state index < -0.39 is 0 Å². The first kappa shape index (κ1) is 17.8. The number of aliphatic imine (C=N–C) groups is 1. The van der Waals surface area contributed by atoms with E-state index in [0.717, 1.165) is 18.2 Å². The molecule has 0 spiro atoms. The van der Waals surface area contributed by atoms with Gasteiger partial charge in [0.2, 0.25) is 0 Å². The number of guanidine groups is 1. The van der Waals surface area contributed by atoms with Gasteiger partial charge in [0.25, 0.3) is 0 Å². The second-order valence-corrected chi connectivity index (χ2v) is 5.67. The van der Waals surface area contributed by atoms with Crippen LogP contribution in [0.1, 0.15) is 31.2 Å². The average molecular weight is 425 g/mol. The van der Waals surface area contributed by atoms with E-state index in [1.165, 1.54) is 31.2 Å². The zero-order valence-corrected chi connectivity index (χ0v) is 15.7. The van der Waals surface area contributed by atoms with Gasteiger partial charge in [-0.3, -0.25) is 4.99 Å². The lowest BCUT2D eigenvalue weighted by Gasteiger charge is -2.17. The van der Waals surface area contributed by atoms with Gasteiger partial charge in [-0.15, -0.1) is 24.0 Å². The van der Waals surface area contributed by atoms with Crippen molar-refractivity contribution >= 4 is 29.9 Å². The van der Waals surface area contributed by atoms with Gasteiger partial charge in [-0.2, -0.15) is 5.10 Å². The number of nitrogens with one attached hydrogen (secondary N) is 2. The smallest absolute Gasteiger partial charge is 0.191 e. The molecule has 6 heteroatoms. The lowest BCUT2D eigenvalue weighted by atomic mass is 10.2. The number of rotatable bonds is 4. The largest absolute Gasteiger partial charge is 0.354 e. The fourth-order valence-corrected chi connectivity index (χ4v) is 2.83. The standard InChI is InChI=1S/C17H23N5.HI/c1-18-17(21-15-5-2-3-6-15)19-13-14-7-9-16(10-8-14)22-12-4-11-20-22;/h4,7-12,15H,2-3,5-6,13H2,1H3,(H2,18,19,21);1H. The lowest BCUT2D eigenvalue weighted by Crippen LogP contribution is -2.41. The van der Waals surface area contributed by atoms with E-state index >= 15 is 0 Å². The maximum atomic E-state index is 4.31. The average Bonchev–Trinajstić information content (AvgIpc) is 3.25. The highest BCUT2D eigenvalue weighted by Gasteiger charge is 2.15. The number of benzene rings is 1. The van der Waals surface area contributed by atoms with Crippen LogP contribution >= 0.6 is 24.0 Å². The highest BCUT2D eigenvalue weighted by Crippen LogP contribution is 2.17. The first-order chi connectivity index (χ1) is 10.8. The Hall–Kier alpha value is -1.57. The Morgan fingerprint density at radius 3 is 2.61 bits per heavy atom. The Bertz CT molecular complexity index is 600. The van der Waals surface area contributed by atoms with Crippen molar-refractivity contribution in [3.63, 3.8) is 0 Å². The molecule has 1 saturated carbocycles. The Morgan fingerprint density at radius 1 is 1.26 bits per heavy atom. The molecule has 1 aromatic heterocycles. The van der Waals surface area contributed by atoms with Crippen LogP contribution in [0, 0.1) is 0 Å². The van der Waals surface area contributed by atoms with Gasteiger partial charge in [0, 0.05) is 32.0 Å². The molecule has 124 valence electrons. The minimum Gasteiger partial charge on any atom is -0.354 e. The van der Waals surface area contributed by atoms with Crippen LogP contribution in [-0.4, -0.2) is 28.8 Å². The number of hydrogen-bond donors (Lipinski definition) is 2. The van der Waals surface area contributed by atoms with Crippen LogP contribution in [0.5, 0.6) is 0 Å². The van der Waals surface area contributed by atoms with E-state index in [0.29, 0.717) is 6.04 Å². The molecule has 2 aromatic rings. The molecule has 1 aliphatic carbocycles. The van der Waals surface area contributed by atoms with Crippen molar-refractivity contribution in [2.75, 3.05) is 7.05 Å². The van der Waals surface area contributed by atoms with Gasteiger partial charge in [-0.05, 0) is 36.6 Å².